The topological polar surface area (TPSA) is 72.5 Å². The van der Waals surface area contributed by atoms with Crippen LogP contribution in [0, 0.1) is 11.3 Å². The second kappa shape index (κ2) is 7.42. The van der Waals surface area contributed by atoms with E-state index in [4.69, 9.17) is 0 Å². The molecule has 1 unspecified atom stereocenters. The molecule has 5 heterocycles. The Bertz CT molecular complexity index is 1160. The summed E-state index contributed by atoms with van der Waals surface area (Å²) in [6.45, 7) is 3.09. The number of anilines is 2. The molecule has 1 N–H and O–H groups in total. The van der Waals surface area contributed by atoms with Crippen LogP contribution in [0.15, 0.2) is 36.5 Å². The van der Waals surface area contributed by atoms with E-state index in [1.54, 1.807) is 35.4 Å². The number of alkyl halides is 3. The normalized spacial score (nSPS) is 19.4. The molecule has 3 aromatic rings. The summed E-state index contributed by atoms with van der Waals surface area (Å²) in [5.41, 5.74) is 2.22. The van der Waals surface area contributed by atoms with Gasteiger partial charge in [-0.05, 0) is 29.8 Å². The summed E-state index contributed by atoms with van der Waals surface area (Å²) in [5, 5.41) is 16.7. The summed E-state index contributed by atoms with van der Waals surface area (Å²) in [6, 6.07) is 10.6. The fraction of sp³-hybridized carbons (Fsp3) is 0.381. The molecule has 7 nitrogen and oxygen atoms in total. The van der Waals surface area contributed by atoms with Crippen molar-refractivity contribution in [1.82, 2.24) is 19.9 Å². The summed E-state index contributed by atoms with van der Waals surface area (Å²) in [5.74, 6) is -1.10. The number of hydrogen-bond donors (Lipinski definition) is 1. The van der Waals surface area contributed by atoms with Crippen LogP contribution in [-0.4, -0.2) is 53.5 Å². The molecule has 0 saturated carbocycles. The van der Waals surface area contributed by atoms with Gasteiger partial charge in [-0.3, -0.25) is 0 Å². The maximum atomic E-state index is 14.1. The van der Waals surface area contributed by atoms with E-state index < -0.39 is 12.1 Å². The highest BCUT2D eigenvalue weighted by Gasteiger charge is 2.46. The summed E-state index contributed by atoms with van der Waals surface area (Å²) < 4.78 is 43.8. The first-order valence-corrected chi connectivity index (χ1v) is 10.1. The van der Waals surface area contributed by atoms with E-state index in [1.807, 2.05) is 11.0 Å². The quantitative estimate of drug-likeness (QED) is 0.678. The Hall–Kier alpha value is -3.32. The second-order valence-electron chi connectivity index (χ2n) is 7.77. The van der Waals surface area contributed by atoms with Crippen LogP contribution in [0.4, 0.5) is 24.7 Å². The van der Waals surface area contributed by atoms with Gasteiger partial charge in [0.1, 0.15) is 23.5 Å². The molecule has 0 aromatic carbocycles. The molecule has 1 fully saturated rings. The SMILES string of the molecule is N#Cc1ccc(N2Cc3ccc(N4CCNCC4)nc3C(C(F)(F)F)C2)c2ccnn12. The van der Waals surface area contributed by atoms with Gasteiger partial charge in [0.05, 0.1) is 23.1 Å². The van der Waals surface area contributed by atoms with Gasteiger partial charge in [-0.1, -0.05) is 6.07 Å². The average Bonchev–Trinajstić information content (AvgIpc) is 3.27. The fourth-order valence-corrected chi connectivity index (χ4v) is 4.37. The van der Waals surface area contributed by atoms with E-state index in [1.165, 1.54) is 4.52 Å². The average molecular weight is 427 g/mol. The minimum atomic E-state index is -4.42. The van der Waals surface area contributed by atoms with E-state index in [0.717, 1.165) is 26.2 Å². The van der Waals surface area contributed by atoms with Gasteiger partial charge in [-0.15, -0.1) is 0 Å². The van der Waals surface area contributed by atoms with E-state index >= 15 is 0 Å². The van der Waals surface area contributed by atoms with Gasteiger partial charge >= 0.3 is 6.18 Å². The van der Waals surface area contributed by atoms with Crippen molar-refractivity contribution in [2.24, 2.45) is 0 Å². The van der Waals surface area contributed by atoms with Gasteiger partial charge in [0, 0.05) is 39.3 Å². The lowest BCUT2D eigenvalue weighted by Crippen LogP contribution is -2.45. The second-order valence-corrected chi connectivity index (χ2v) is 7.77. The number of nitrogens with zero attached hydrogens (tertiary/aromatic N) is 6. The predicted octanol–water partition coefficient (Wildman–Crippen LogP) is 2.68. The first-order chi connectivity index (χ1) is 15.0. The Morgan fingerprint density at radius 3 is 2.61 bits per heavy atom. The first-order valence-electron chi connectivity index (χ1n) is 10.1. The van der Waals surface area contributed by atoms with Crippen LogP contribution in [0.5, 0.6) is 0 Å². The lowest BCUT2D eigenvalue weighted by atomic mass is 9.93. The number of aromatic nitrogens is 3. The molecular weight excluding hydrogens is 407 g/mol. The Kier molecular flexibility index (Phi) is 4.70. The van der Waals surface area contributed by atoms with Gasteiger partial charge in [-0.2, -0.15) is 23.5 Å². The molecule has 1 saturated heterocycles. The summed E-state index contributed by atoms with van der Waals surface area (Å²) in [6.07, 6.45) is -2.88. The zero-order valence-corrected chi connectivity index (χ0v) is 16.6. The molecule has 0 bridgehead atoms. The van der Waals surface area contributed by atoms with Crippen molar-refractivity contribution in [3.63, 3.8) is 0 Å². The molecule has 0 amide bonds. The van der Waals surface area contributed by atoms with E-state index in [-0.39, 0.29) is 12.2 Å². The van der Waals surface area contributed by atoms with Crippen molar-refractivity contribution in [3.05, 3.63) is 53.5 Å². The third kappa shape index (κ3) is 3.45. The maximum absolute atomic E-state index is 14.1. The first kappa shape index (κ1) is 19.6. The van der Waals surface area contributed by atoms with Gasteiger partial charge in [0.25, 0.3) is 0 Å². The highest BCUT2D eigenvalue weighted by Crippen LogP contribution is 2.42. The minimum Gasteiger partial charge on any atom is -0.364 e. The molecule has 1 atom stereocenters. The molecule has 160 valence electrons. The zero-order valence-electron chi connectivity index (χ0n) is 16.6. The lowest BCUT2D eigenvalue weighted by Gasteiger charge is -2.37. The summed E-state index contributed by atoms with van der Waals surface area (Å²) >= 11 is 0. The molecular formula is C21H20F3N7. The molecule has 0 radical (unpaired) electrons. The number of hydrogen-bond acceptors (Lipinski definition) is 6. The van der Waals surface area contributed by atoms with Crippen LogP contribution in [0.2, 0.25) is 0 Å². The number of nitrogens with one attached hydrogen (secondary N) is 1. The van der Waals surface area contributed by atoms with Crippen molar-refractivity contribution >= 4 is 17.0 Å². The largest absolute Gasteiger partial charge is 0.398 e. The number of piperazine rings is 1. The number of pyridine rings is 2. The Balaban J connectivity index is 1.55. The monoisotopic (exact) mass is 427 g/mol. The number of nitriles is 1. The number of rotatable bonds is 2. The Labute approximate surface area is 176 Å². The fourth-order valence-electron chi connectivity index (χ4n) is 4.37. The Morgan fingerprint density at radius 1 is 1.06 bits per heavy atom. The molecule has 31 heavy (non-hydrogen) atoms. The van der Waals surface area contributed by atoms with Gasteiger partial charge in [0.15, 0.2) is 0 Å². The number of fused-ring (bicyclic) bond motifs is 2. The zero-order chi connectivity index (χ0) is 21.6. The molecule has 2 aliphatic rings. The third-order valence-electron chi connectivity index (χ3n) is 5.92. The van der Waals surface area contributed by atoms with Crippen molar-refractivity contribution in [2.45, 2.75) is 18.6 Å². The predicted molar refractivity (Wildman–Crippen MR) is 109 cm³/mol. The van der Waals surface area contributed by atoms with Crippen LogP contribution < -0.4 is 15.1 Å². The number of halogens is 3. The molecule has 2 aliphatic heterocycles. The maximum Gasteiger partial charge on any atom is 0.398 e. The van der Waals surface area contributed by atoms with Gasteiger partial charge < -0.3 is 15.1 Å². The summed E-state index contributed by atoms with van der Waals surface area (Å²) in [7, 11) is 0. The lowest BCUT2D eigenvalue weighted by molar-refractivity contribution is -0.150. The van der Waals surface area contributed by atoms with Crippen LogP contribution in [0.3, 0.4) is 0 Å². The molecule has 0 spiro atoms. The van der Waals surface area contributed by atoms with E-state index in [2.05, 4.69) is 21.5 Å². The molecule has 5 rings (SSSR count). The smallest absolute Gasteiger partial charge is 0.364 e. The molecule has 3 aromatic heterocycles. The standard InChI is InChI=1S/C21H20F3N7/c22-21(23,24)16-13-30(17-3-2-15(11-25)31-18(17)5-6-27-31)12-14-1-4-19(28-20(14)16)29-9-7-26-8-10-29/h1-6,16,26H,7-10,12-13H2. The summed E-state index contributed by atoms with van der Waals surface area (Å²) in [4.78, 5) is 8.20. The van der Waals surface area contributed by atoms with E-state index in [0.29, 0.717) is 34.8 Å². The van der Waals surface area contributed by atoms with Crippen LogP contribution >= 0.6 is 0 Å². The minimum absolute atomic E-state index is 0.109. The van der Waals surface area contributed by atoms with Gasteiger partial charge in [0.2, 0.25) is 0 Å². The molecule has 10 heteroatoms. The van der Waals surface area contributed by atoms with Crippen molar-refractivity contribution in [3.8, 4) is 6.07 Å². The van der Waals surface area contributed by atoms with Gasteiger partial charge in [-0.25, -0.2) is 9.50 Å². The molecule has 0 aliphatic carbocycles. The van der Waals surface area contributed by atoms with Crippen LogP contribution in [0.25, 0.3) is 5.52 Å². The third-order valence-corrected chi connectivity index (χ3v) is 5.92. The van der Waals surface area contributed by atoms with Crippen molar-refractivity contribution in [1.29, 1.82) is 5.26 Å². The van der Waals surface area contributed by atoms with Crippen molar-refractivity contribution in [2.75, 3.05) is 42.5 Å². The van der Waals surface area contributed by atoms with E-state index in [9.17, 15) is 18.4 Å². The highest BCUT2D eigenvalue weighted by molar-refractivity contribution is 5.74. The van der Waals surface area contributed by atoms with Crippen molar-refractivity contribution < 1.29 is 13.2 Å². The highest BCUT2D eigenvalue weighted by atomic mass is 19.4. The van der Waals surface area contributed by atoms with Crippen LogP contribution in [-0.2, 0) is 6.54 Å². The van der Waals surface area contributed by atoms with Crippen LogP contribution in [0.1, 0.15) is 22.9 Å². The Morgan fingerprint density at radius 2 is 1.87 bits per heavy atom.